The molecule has 1 fully saturated rings. The highest BCUT2D eigenvalue weighted by atomic mass is 16.5. The Morgan fingerprint density at radius 1 is 1.19 bits per heavy atom. The third-order valence-electron chi connectivity index (χ3n) is 3.88. The van der Waals surface area contributed by atoms with Crippen molar-refractivity contribution in [2.75, 3.05) is 13.7 Å². The average molecular weight is 287 g/mol. The zero-order valence-electron chi connectivity index (χ0n) is 12.9. The molecule has 1 aromatic rings. The molecule has 21 heavy (non-hydrogen) atoms. The summed E-state index contributed by atoms with van der Waals surface area (Å²) >= 11 is 0. The van der Waals surface area contributed by atoms with Gasteiger partial charge in [-0.25, -0.2) is 0 Å². The van der Waals surface area contributed by atoms with E-state index >= 15 is 0 Å². The van der Waals surface area contributed by atoms with Crippen LogP contribution in [0.15, 0.2) is 18.2 Å². The summed E-state index contributed by atoms with van der Waals surface area (Å²) in [6.45, 7) is 0.998. The van der Waals surface area contributed by atoms with Crippen LogP contribution in [0.25, 0.3) is 0 Å². The molecule has 1 saturated carbocycles. The maximum atomic E-state index is 6.07. The Morgan fingerprint density at radius 3 is 2.62 bits per heavy atom. The van der Waals surface area contributed by atoms with Gasteiger partial charge in [0.1, 0.15) is 5.75 Å². The molecule has 0 bridgehead atoms. The summed E-state index contributed by atoms with van der Waals surface area (Å²) < 4.78 is 11.4. The van der Waals surface area contributed by atoms with E-state index in [0.717, 1.165) is 16.9 Å². The number of benzene rings is 1. The third kappa shape index (κ3) is 5.08. The second-order valence-electron chi connectivity index (χ2n) is 5.47. The van der Waals surface area contributed by atoms with E-state index in [9.17, 15) is 0 Å². The van der Waals surface area contributed by atoms with Gasteiger partial charge in [-0.05, 0) is 30.5 Å². The number of ether oxygens (including phenoxy) is 2. The quantitative estimate of drug-likeness (QED) is 0.683. The van der Waals surface area contributed by atoms with E-state index in [1.165, 1.54) is 38.5 Å². The Morgan fingerprint density at radius 2 is 1.95 bits per heavy atom. The lowest BCUT2D eigenvalue weighted by Crippen LogP contribution is -2.11. The standard InChI is InChI=1S/C18H25NO2/c1-20-18-11-10-15(13-16(18)7-6-12-19)14-21-17-8-4-2-3-5-9-17/h10-11,13,17H,2-5,8-9,12,14,19H2,1H3. The van der Waals surface area contributed by atoms with Gasteiger partial charge in [0, 0.05) is 0 Å². The van der Waals surface area contributed by atoms with E-state index in [2.05, 4.69) is 11.8 Å². The molecule has 1 aliphatic rings. The largest absolute Gasteiger partial charge is 0.495 e. The van der Waals surface area contributed by atoms with Gasteiger partial charge in [-0.3, -0.25) is 0 Å². The van der Waals surface area contributed by atoms with Crippen molar-refractivity contribution in [3.05, 3.63) is 29.3 Å². The predicted octanol–water partition coefficient (Wildman–Crippen LogP) is 3.24. The molecule has 0 radical (unpaired) electrons. The molecule has 0 heterocycles. The maximum absolute atomic E-state index is 6.07. The van der Waals surface area contributed by atoms with Crippen molar-refractivity contribution in [1.29, 1.82) is 0 Å². The van der Waals surface area contributed by atoms with Crippen LogP contribution >= 0.6 is 0 Å². The Hall–Kier alpha value is -1.50. The van der Waals surface area contributed by atoms with Crippen LogP contribution in [0.1, 0.15) is 49.7 Å². The van der Waals surface area contributed by atoms with E-state index < -0.39 is 0 Å². The molecule has 3 nitrogen and oxygen atoms in total. The van der Waals surface area contributed by atoms with Gasteiger partial charge in [-0.15, -0.1) is 0 Å². The molecule has 0 saturated heterocycles. The summed E-state index contributed by atoms with van der Waals surface area (Å²) in [5.74, 6) is 6.72. The van der Waals surface area contributed by atoms with Crippen molar-refractivity contribution in [2.24, 2.45) is 5.73 Å². The molecule has 1 aromatic carbocycles. The van der Waals surface area contributed by atoms with Crippen molar-refractivity contribution in [3.63, 3.8) is 0 Å². The van der Waals surface area contributed by atoms with Crippen molar-refractivity contribution in [1.82, 2.24) is 0 Å². The molecule has 1 aliphatic carbocycles. The number of hydrogen-bond donors (Lipinski definition) is 1. The van der Waals surface area contributed by atoms with Gasteiger partial charge < -0.3 is 15.2 Å². The SMILES string of the molecule is COc1ccc(COC2CCCCCC2)cc1C#CCN. The van der Waals surface area contributed by atoms with E-state index in [4.69, 9.17) is 15.2 Å². The molecular formula is C18H25NO2. The van der Waals surface area contributed by atoms with Crippen LogP contribution in [0.3, 0.4) is 0 Å². The minimum absolute atomic E-state index is 0.353. The Kier molecular flexibility index (Phi) is 6.59. The van der Waals surface area contributed by atoms with E-state index in [1.807, 2.05) is 18.2 Å². The van der Waals surface area contributed by atoms with E-state index in [-0.39, 0.29) is 0 Å². The normalized spacial score (nSPS) is 15.9. The Bertz CT molecular complexity index is 494. The predicted molar refractivity (Wildman–Crippen MR) is 85.2 cm³/mol. The molecule has 0 aromatic heterocycles. The lowest BCUT2D eigenvalue weighted by atomic mass is 10.1. The van der Waals surface area contributed by atoms with Crippen LogP contribution in [0, 0.1) is 11.8 Å². The molecule has 3 heteroatoms. The van der Waals surface area contributed by atoms with Crippen LogP contribution in [0.5, 0.6) is 5.75 Å². The third-order valence-corrected chi connectivity index (χ3v) is 3.88. The van der Waals surface area contributed by atoms with Gasteiger partial charge in [0.2, 0.25) is 0 Å². The topological polar surface area (TPSA) is 44.5 Å². The molecule has 0 atom stereocenters. The van der Waals surface area contributed by atoms with Crippen LogP contribution in [-0.4, -0.2) is 19.8 Å². The molecule has 0 amide bonds. The van der Waals surface area contributed by atoms with Gasteiger partial charge in [-0.1, -0.05) is 43.6 Å². The van der Waals surface area contributed by atoms with Crippen LogP contribution in [-0.2, 0) is 11.3 Å². The number of hydrogen-bond acceptors (Lipinski definition) is 3. The van der Waals surface area contributed by atoms with Crippen molar-refractivity contribution in [3.8, 4) is 17.6 Å². The minimum Gasteiger partial charge on any atom is -0.495 e. The molecule has 0 spiro atoms. The summed E-state index contributed by atoms with van der Waals surface area (Å²) in [7, 11) is 1.66. The van der Waals surface area contributed by atoms with Crippen molar-refractivity contribution >= 4 is 0 Å². The van der Waals surface area contributed by atoms with Gasteiger partial charge in [0.15, 0.2) is 0 Å². The van der Waals surface area contributed by atoms with E-state index in [1.54, 1.807) is 7.11 Å². The van der Waals surface area contributed by atoms with Crippen molar-refractivity contribution < 1.29 is 9.47 Å². The van der Waals surface area contributed by atoms with Gasteiger partial charge in [0.25, 0.3) is 0 Å². The zero-order chi connectivity index (χ0) is 14.9. The summed E-state index contributed by atoms with van der Waals surface area (Å²) in [6, 6.07) is 6.04. The average Bonchev–Trinajstić information content (AvgIpc) is 2.79. The lowest BCUT2D eigenvalue weighted by molar-refractivity contribution is 0.0309. The number of nitrogens with two attached hydrogens (primary N) is 1. The zero-order valence-corrected chi connectivity index (χ0v) is 12.9. The van der Waals surface area contributed by atoms with Crippen LogP contribution < -0.4 is 10.5 Å². The van der Waals surface area contributed by atoms with E-state index in [0.29, 0.717) is 19.3 Å². The highest BCUT2D eigenvalue weighted by Crippen LogP contribution is 2.23. The first kappa shape index (κ1) is 15.9. The lowest BCUT2D eigenvalue weighted by Gasteiger charge is -2.15. The molecular weight excluding hydrogens is 262 g/mol. The number of methoxy groups -OCH3 is 1. The first-order valence-corrected chi connectivity index (χ1v) is 7.81. The fourth-order valence-electron chi connectivity index (χ4n) is 2.71. The summed E-state index contributed by atoms with van der Waals surface area (Å²) in [4.78, 5) is 0. The first-order chi connectivity index (χ1) is 10.3. The minimum atomic E-state index is 0.353. The van der Waals surface area contributed by atoms with Crippen LogP contribution in [0.2, 0.25) is 0 Å². The molecule has 114 valence electrons. The summed E-state index contributed by atoms with van der Waals surface area (Å²) in [6.07, 6.45) is 8.07. The van der Waals surface area contributed by atoms with Crippen LogP contribution in [0.4, 0.5) is 0 Å². The molecule has 0 unspecified atom stereocenters. The van der Waals surface area contributed by atoms with Gasteiger partial charge in [-0.2, -0.15) is 0 Å². The highest BCUT2D eigenvalue weighted by molar-refractivity contribution is 5.48. The molecule has 2 rings (SSSR count). The second kappa shape index (κ2) is 8.71. The summed E-state index contributed by atoms with van der Waals surface area (Å²) in [5.41, 5.74) is 7.46. The molecule has 2 N–H and O–H groups in total. The van der Waals surface area contributed by atoms with Crippen molar-refractivity contribution in [2.45, 2.75) is 51.2 Å². The maximum Gasteiger partial charge on any atom is 0.134 e. The van der Waals surface area contributed by atoms with Gasteiger partial charge >= 0.3 is 0 Å². The van der Waals surface area contributed by atoms with Gasteiger partial charge in [0.05, 0.1) is 31.9 Å². The smallest absolute Gasteiger partial charge is 0.134 e. The fraction of sp³-hybridized carbons (Fsp3) is 0.556. The highest BCUT2D eigenvalue weighted by Gasteiger charge is 2.13. The number of rotatable bonds is 4. The Balaban J connectivity index is 1.99. The first-order valence-electron chi connectivity index (χ1n) is 7.81. The summed E-state index contributed by atoms with van der Waals surface area (Å²) in [5, 5.41) is 0. The fourth-order valence-corrected chi connectivity index (χ4v) is 2.71. The Labute approximate surface area is 127 Å². The molecule has 0 aliphatic heterocycles. The monoisotopic (exact) mass is 287 g/mol. The second-order valence-corrected chi connectivity index (χ2v) is 5.47.